The average Bonchev–Trinajstić information content (AvgIpc) is 2.97. The molecule has 0 radical (unpaired) electrons. The molecule has 80 valence electrons. The largest absolute Gasteiger partial charge is 0.365 e. The van der Waals surface area contributed by atoms with Crippen LogP contribution in [0.4, 0.5) is 5.82 Å². The van der Waals surface area contributed by atoms with Gasteiger partial charge in [-0.25, -0.2) is 9.97 Å². The SMILES string of the molecule is C=C(Br)CNc1cc(Cl)nc(C2CC2)n1. The minimum absolute atomic E-state index is 0.495. The Bertz CT molecular complexity index is 390. The molecule has 0 aromatic carbocycles. The van der Waals surface area contributed by atoms with E-state index >= 15 is 0 Å². The smallest absolute Gasteiger partial charge is 0.135 e. The van der Waals surface area contributed by atoms with Crippen LogP contribution < -0.4 is 5.32 Å². The first-order valence-electron chi connectivity index (χ1n) is 4.77. The number of nitrogens with zero attached hydrogens (tertiary/aromatic N) is 2. The summed E-state index contributed by atoms with van der Waals surface area (Å²) in [4.78, 5) is 8.60. The third-order valence-corrected chi connectivity index (χ3v) is 2.59. The highest BCUT2D eigenvalue weighted by atomic mass is 79.9. The Hall–Kier alpha value is -0.610. The van der Waals surface area contributed by atoms with E-state index in [2.05, 4.69) is 37.8 Å². The molecule has 1 aromatic heterocycles. The van der Waals surface area contributed by atoms with Crippen molar-refractivity contribution >= 4 is 33.3 Å². The third kappa shape index (κ3) is 3.18. The summed E-state index contributed by atoms with van der Waals surface area (Å²) in [6.07, 6.45) is 2.34. The highest BCUT2D eigenvalue weighted by Gasteiger charge is 2.27. The van der Waals surface area contributed by atoms with Crippen molar-refractivity contribution in [3.05, 3.63) is 28.1 Å². The zero-order valence-corrected chi connectivity index (χ0v) is 10.5. The van der Waals surface area contributed by atoms with Gasteiger partial charge in [0.15, 0.2) is 0 Å². The van der Waals surface area contributed by atoms with Gasteiger partial charge in [0.2, 0.25) is 0 Å². The van der Waals surface area contributed by atoms with E-state index in [0.717, 1.165) is 16.1 Å². The van der Waals surface area contributed by atoms with Crippen molar-refractivity contribution < 1.29 is 0 Å². The van der Waals surface area contributed by atoms with E-state index in [1.54, 1.807) is 6.07 Å². The van der Waals surface area contributed by atoms with Crippen LogP contribution in [0, 0.1) is 0 Å². The van der Waals surface area contributed by atoms with Crippen LogP contribution in [0.1, 0.15) is 24.6 Å². The summed E-state index contributed by atoms with van der Waals surface area (Å²) < 4.78 is 0.880. The summed E-state index contributed by atoms with van der Waals surface area (Å²) in [6.45, 7) is 4.38. The van der Waals surface area contributed by atoms with Crippen LogP contribution in [0.5, 0.6) is 0 Å². The molecule has 1 heterocycles. The summed E-state index contributed by atoms with van der Waals surface area (Å²) in [7, 11) is 0. The number of rotatable bonds is 4. The Morgan fingerprint density at radius 3 is 2.93 bits per heavy atom. The normalized spacial score (nSPS) is 15.1. The van der Waals surface area contributed by atoms with E-state index in [4.69, 9.17) is 11.6 Å². The molecule has 5 heteroatoms. The molecule has 0 amide bonds. The molecule has 0 unspecified atom stereocenters. The predicted molar refractivity (Wildman–Crippen MR) is 65.6 cm³/mol. The number of hydrogen-bond donors (Lipinski definition) is 1. The maximum atomic E-state index is 5.91. The minimum atomic E-state index is 0.495. The highest BCUT2D eigenvalue weighted by Crippen LogP contribution is 2.38. The van der Waals surface area contributed by atoms with Crippen molar-refractivity contribution in [3.63, 3.8) is 0 Å². The molecule has 0 atom stereocenters. The fourth-order valence-electron chi connectivity index (χ4n) is 1.24. The van der Waals surface area contributed by atoms with Crippen molar-refractivity contribution in [1.29, 1.82) is 0 Å². The Balaban J connectivity index is 2.12. The highest BCUT2D eigenvalue weighted by molar-refractivity contribution is 9.11. The van der Waals surface area contributed by atoms with Crippen molar-refractivity contribution in [1.82, 2.24) is 9.97 Å². The monoisotopic (exact) mass is 287 g/mol. The van der Waals surface area contributed by atoms with Crippen LogP contribution in [-0.4, -0.2) is 16.5 Å². The Labute approximate surface area is 102 Å². The molecule has 15 heavy (non-hydrogen) atoms. The number of halogens is 2. The molecule has 1 aliphatic carbocycles. The van der Waals surface area contributed by atoms with Crippen molar-refractivity contribution in [3.8, 4) is 0 Å². The first-order valence-corrected chi connectivity index (χ1v) is 5.94. The van der Waals surface area contributed by atoms with Gasteiger partial charge in [-0.05, 0) is 12.8 Å². The van der Waals surface area contributed by atoms with Gasteiger partial charge in [-0.15, -0.1) is 0 Å². The molecule has 1 N–H and O–H groups in total. The molecular weight excluding hydrogens is 277 g/mol. The van der Waals surface area contributed by atoms with Crippen LogP contribution in [-0.2, 0) is 0 Å². The van der Waals surface area contributed by atoms with Gasteiger partial charge < -0.3 is 5.32 Å². The maximum absolute atomic E-state index is 5.91. The molecule has 3 nitrogen and oxygen atoms in total. The van der Waals surface area contributed by atoms with Crippen LogP contribution in [0.3, 0.4) is 0 Å². The van der Waals surface area contributed by atoms with Gasteiger partial charge in [-0.2, -0.15) is 0 Å². The van der Waals surface area contributed by atoms with Crippen molar-refractivity contribution in [2.75, 3.05) is 11.9 Å². The maximum Gasteiger partial charge on any atom is 0.135 e. The topological polar surface area (TPSA) is 37.8 Å². The molecule has 0 bridgehead atoms. The van der Waals surface area contributed by atoms with Crippen LogP contribution in [0.2, 0.25) is 5.15 Å². The fraction of sp³-hybridized carbons (Fsp3) is 0.400. The number of aromatic nitrogens is 2. The summed E-state index contributed by atoms with van der Waals surface area (Å²) in [5.74, 6) is 2.12. The molecule has 1 aromatic rings. The molecular formula is C10H11BrClN3. The van der Waals surface area contributed by atoms with E-state index in [1.165, 1.54) is 12.8 Å². The van der Waals surface area contributed by atoms with Crippen molar-refractivity contribution in [2.45, 2.75) is 18.8 Å². The quantitative estimate of drug-likeness (QED) is 0.864. The lowest BCUT2D eigenvalue weighted by molar-refractivity contribution is 0.926. The van der Waals surface area contributed by atoms with Crippen LogP contribution in [0.15, 0.2) is 17.1 Å². The lowest BCUT2D eigenvalue weighted by Gasteiger charge is -2.06. The van der Waals surface area contributed by atoms with Crippen LogP contribution >= 0.6 is 27.5 Å². The van der Waals surface area contributed by atoms with E-state index in [9.17, 15) is 0 Å². The molecule has 1 fully saturated rings. The summed E-state index contributed by atoms with van der Waals surface area (Å²) in [6, 6.07) is 1.73. The fourth-order valence-corrected chi connectivity index (χ4v) is 1.57. The number of hydrogen-bond acceptors (Lipinski definition) is 3. The summed E-state index contributed by atoms with van der Waals surface area (Å²) >= 11 is 9.19. The Morgan fingerprint density at radius 1 is 1.60 bits per heavy atom. The second-order valence-electron chi connectivity index (χ2n) is 3.58. The summed E-state index contributed by atoms with van der Waals surface area (Å²) in [5, 5.41) is 3.62. The zero-order valence-electron chi connectivity index (χ0n) is 8.13. The molecule has 1 saturated carbocycles. The Kier molecular flexibility index (Phi) is 3.26. The first-order chi connectivity index (χ1) is 7.15. The van der Waals surface area contributed by atoms with E-state index in [1.807, 2.05) is 0 Å². The van der Waals surface area contributed by atoms with Gasteiger partial charge in [-0.3, -0.25) is 0 Å². The van der Waals surface area contributed by atoms with E-state index in [-0.39, 0.29) is 0 Å². The van der Waals surface area contributed by atoms with Gasteiger partial charge in [-0.1, -0.05) is 34.1 Å². The molecule has 2 rings (SSSR count). The van der Waals surface area contributed by atoms with E-state index in [0.29, 0.717) is 17.6 Å². The molecule has 1 aliphatic rings. The minimum Gasteiger partial charge on any atom is -0.365 e. The lowest BCUT2D eigenvalue weighted by atomic mass is 10.4. The Morgan fingerprint density at radius 2 is 2.33 bits per heavy atom. The predicted octanol–water partition coefficient (Wildman–Crippen LogP) is 3.33. The lowest BCUT2D eigenvalue weighted by Crippen LogP contribution is -2.05. The second-order valence-corrected chi connectivity index (χ2v) is 5.09. The molecule has 0 aliphatic heterocycles. The molecule has 0 saturated heterocycles. The first kappa shape index (κ1) is 10.9. The zero-order chi connectivity index (χ0) is 10.8. The standard InChI is InChI=1S/C10H11BrClN3/c1-6(11)5-13-9-4-8(12)14-10(15-9)7-2-3-7/h4,7H,1-3,5H2,(H,13,14,15). The van der Waals surface area contributed by atoms with Gasteiger partial charge in [0, 0.05) is 23.0 Å². The van der Waals surface area contributed by atoms with Gasteiger partial charge >= 0.3 is 0 Å². The molecule has 0 spiro atoms. The van der Waals surface area contributed by atoms with Gasteiger partial charge in [0.05, 0.1) is 0 Å². The van der Waals surface area contributed by atoms with E-state index < -0.39 is 0 Å². The average molecular weight is 289 g/mol. The van der Waals surface area contributed by atoms with Crippen molar-refractivity contribution in [2.24, 2.45) is 0 Å². The summed E-state index contributed by atoms with van der Waals surface area (Å²) in [5.41, 5.74) is 0. The van der Waals surface area contributed by atoms with Gasteiger partial charge in [0.25, 0.3) is 0 Å². The third-order valence-electron chi connectivity index (χ3n) is 2.12. The number of nitrogens with one attached hydrogen (secondary N) is 1. The second kappa shape index (κ2) is 4.49. The number of anilines is 1. The van der Waals surface area contributed by atoms with Gasteiger partial charge in [0.1, 0.15) is 16.8 Å². The van der Waals surface area contributed by atoms with Crippen LogP contribution in [0.25, 0.3) is 0 Å².